The van der Waals surface area contributed by atoms with E-state index in [1.807, 2.05) is 12.1 Å². The number of nitrogens with zero attached hydrogens (tertiary/aromatic N) is 1. The number of para-hydroxylation sites is 1. The zero-order valence-corrected chi connectivity index (χ0v) is 17.1. The molecule has 1 heterocycles. The topological polar surface area (TPSA) is 43.0 Å². The van der Waals surface area contributed by atoms with E-state index in [0.717, 1.165) is 75.0 Å². The maximum atomic E-state index is 6.15. The fourth-order valence-corrected chi connectivity index (χ4v) is 3.34. The third kappa shape index (κ3) is 6.23. The number of methoxy groups -OCH3 is 1. The van der Waals surface area contributed by atoms with Crippen molar-refractivity contribution in [1.29, 1.82) is 0 Å². The molecule has 152 valence electrons. The fraction of sp³-hybridized carbons (Fsp3) is 0.478. The minimum Gasteiger partial charge on any atom is -0.493 e. The summed E-state index contributed by atoms with van der Waals surface area (Å²) in [7, 11) is 1.69. The second-order valence-electron chi connectivity index (χ2n) is 7.21. The van der Waals surface area contributed by atoms with Crippen molar-refractivity contribution < 1.29 is 14.2 Å². The van der Waals surface area contributed by atoms with Gasteiger partial charge in [0.1, 0.15) is 6.61 Å². The number of ether oxygens (including phenoxy) is 3. The van der Waals surface area contributed by atoms with Gasteiger partial charge in [0, 0.05) is 25.2 Å². The molecule has 5 heteroatoms. The van der Waals surface area contributed by atoms with E-state index in [2.05, 4.69) is 47.5 Å². The third-order valence-corrected chi connectivity index (χ3v) is 5.03. The summed E-state index contributed by atoms with van der Waals surface area (Å²) >= 11 is 0. The van der Waals surface area contributed by atoms with E-state index >= 15 is 0 Å². The zero-order valence-electron chi connectivity index (χ0n) is 17.1. The van der Waals surface area contributed by atoms with Crippen molar-refractivity contribution in [2.24, 2.45) is 0 Å². The van der Waals surface area contributed by atoms with Crippen molar-refractivity contribution in [1.82, 2.24) is 10.2 Å². The lowest BCUT2D eigenvalue weighted by molar-refractivity contribution is 0.0374. The minimum absolute atomic E-state index is 0.532. The molecule has 1 N–H and O–H groups in total. The molecule has 0 radical (unpaired) electrons. The van der Waals surface area contributed by atoms with Crippen molar-refractivity contribution in [3.05, 3.63) is 59.2 Å². The summed E-state index contributed by atoms with van der Waals surface area (Å²) in [6.45, 7) is 9.30. The number of nitrogens with one attached hydrogen (secondary N) is 1. The first-order chi connectivity index (χ1) is 13.8. The number of morpholine rings is 1. The Balaban J connectivity index is 1.50. The van der Waals surface area contributed by atoms with E-state index in [-0.39, 0.29) is 0 Å². The van der Waals surface area contributed by atoms with Gasteiger partial charge in [0.05, 0.1) is 20.3 Å². The molecule has 1 aliphatic rings. The summed E-state index contributed by atoms with van der Waals surface area (Å²) < 4.78 is 17.1. The van der Waals surface area contributed by atoms with Crippen molar-refractivity contribution in [2.75, 3.05) is 46.5 Å². The Labute approximate surface area is 168 Å². The van der Waals surface area contributed by atoms with Crippen LogP contribution in [0.25, 0.3) is 0 Å². The summed E-state index contributed by atoms with van der Waals surface area (Å²) in [5.41, 5.74) is 3.53. The Hall–Kier alpha value is -2.08. The predicted octanol–water partition coefficient (Wildman–Crippen LogP) is 3.39. The molecule has 0 aromatic heterocycles. The van der Waals surface area contributed by atoms with Crippen molar-refractivity contribution >= 4 is 0 Å². The highest BCUT2D eigenvalue weighted by Gasteiger charge is 2.12. The molecule has 28 heavy (non-hydrogen) atoms. The molecule has 0 spiro atoms. The lowest BCUT2D eigenvalue weighted by Gasteiger charge is -2.26. The largest absolute Gasteiger partial charge is 0.493 e. The Bertz CT molecular complexity index is 712. The van der Waals surface area contributed by atoms with Gasteiger partial charge in [0.25, 0.3) is 0 Å². The van der Waals surface area contributed by atoms with Crippen LogP contribution >= 0.6 is 0 Å². The smallest absolute Gasteiger partial charge is 0.166 e. The summed E-state index contributed by atoms with van der Waals surface area (Å²) in [6, 6.07) is 14.5. The normalized spacial score (nSPS) is 14.8. The average Bonchev–Trinajstić information content (AvgIpc) is 2.74. The van der Waals surface area contributed by atoms with Crippen LogP contribution in [0.15, 0.2) is 42.5 Å². The molecule has 2 aromatic rings. The van der Waals surface area contributed by atoms with E-state index in [9.17, 15) is 0 Å². The molecule has 3 rings (SSSR count). The van der Waals surface area contributed by atoms with Gasteiger partial charge in [-0.05, 0) is 38.1 Å². The second-order valence-corrected chi connectivity index (χ2v) is 7.21. The Morgan fingerprint density at radius 3 is 2.61 bits per heavy atom. The first-order valence-electron chi connectivity index (χ1n) is 10.1. The molecular formula is C23H32N2O3. The number of rotatable bonds is 10. The monoisotopic (exact) mass is 384 g/mol. The first kappa shape index (κ1) is 20.6. The summed E-state index contributed by atoms with van der Waals surface area (Å²) in [6.07, 6.45) is 1.13. The van der Waals surface area contributed by atoms with E-state index < -0.39 is 0 Å². The quantitative estimate of drug-likeness (QED) is 0.636. The molecule has 0 saturated carbocycles. The van der Waals surface area contributed by atoms with Crippen LogP contribution in [0.2, 0.25) is 0 Å². The highest BCUT2D eigenvalue weighted by molar-refractivity contribution is 5.46. The van der Waals surface area contributed by atoms with Gasteiger partial charge in [-0.25, -0.2) is 0 Å². The molecule has 1 fully saturated rings. The SMILES string of the molecule is COc1cccc(CNCCCN2CCOCC2)c1OCc1ccc(C)cc1. The molecule has 0 bridgehead atoms. The van der Waals surface area contributed by atoms with E-state index in [4.69, 9.17) is 14.2 Å². The van der Waals surface area contributed by atoms with E-state index in [1.54, 1.807) is 7.11 Å². The predicted molar refractivity (Wildman–Crippen MR) is 112 cm³/mol. The van der Waals surface area contributed by atoms with Gasteiger partial charge in [-0.2, -0.15) is 0 Å². The molecule has 5 nitrogen and oxygen atoms in total. The van der Waals surface area contributed by atoms with Crippen LogP contribution in [-0.2, 0) is 17.9 Å². The van der Waals surface area contributed by atoms with Gasteiger partial charge in [0.15, 0.2) is 11.5 Å². The molecule has 0 aliphatic carbocycles. The number of hydrogen-bond acceptors (Lipinski definition) is 5. The minimum atomic E-state index is 0.532. The Morgan fingerprint density at radius 1 is 1.07 bits per heavy atom. The molecule has 0 atom stereocenters. The third-order valence-electron chi connectivity index (χ3n) is 5.03. The Morgan fingerprint density at radius 2 is 1.86 bits per heavy atom. The van der Waals surface area contributed by atoms with Crippen LogP contribution in [0, 0.1) is 6.92 Å². The lowest BCUT2D eigenvalue weighted by atomic mass is 10.1. The first-order valence-corrected chi connectivity index (χ1v) is 10.1. The van der Waals surface area contributed by atoms with Crippen LogP contribution in [-0.4, -0.2) is 51.4 Å². The van der Waals surface area contributed by atoms with Crippen molar-refractivity contribution in [2.45, 2.75) is 26.5 Å². The van der Waals surface area contributed by atoms with E-state index in [1.165, 1.54) is 5.56 Å². The standard InChI is InChI=1S/C23H32N2O3/c1-19-7-9-20(10-8-19)18-28-23-21(5-3-6-22(23)26-2)17-24-11-4-12-25-13-15-27-16-14-25/h3,5-10,24H,4,11-18H2,1-2H3. The molecular weight excluding hydrogens is 352 g/mol. The number of benzene rings is 2. The number of hydrogen-bond donors (Lipinski definition) is 1. The van der Waals surface area contributed by atoms with Gasteiger partial charge in [0.2, 0.25) is 0 Å². The summed E-state index contributed by atoms with van der Waals surface area (Å²) in [5, 5.41) is 3.55. The maximum absolute atomic E-state index is 6.15. The van der Waals surface area contributed by atoms with Crippen LogP contribution in [0.1, 0.15) is 23.1 Å². The van der Waals surface area contributed by atoms with Crippen molar-refractivity contribution in [3.8, 4) is 11.5 Å². The molecule has 2 aromatic carbocycles. The van der Waals surface area contributed by atoms with E-state index in [0.29, 0.717) is 6.61 Å². The van der Waals surface area contributed by atoms with Gasteiger partial charge < -0.3 is 19.5 Å². The van der Waals surface area contributed by atoms with Gasteiger partial charge in [-0.15, -0.1) is 0 Å². The molecule has 1 saturated heterocycles. The Kier molecular flexibility index (Phi) is 8.15. The maximum Gasteiger partial charge on any atom is 0.166 e. The van der Waals surface area contributed by atoms with Gasteiger partial charge in [-0.3, -0.25) is 4.90 Å². The van der Waals surface area contributed by atoms with Crippen LogP contribution < -0.4 is 14.8 Å². The second kappa shape index (κ2) is 11.1. The van der Waals surface area contributed by atoms with Crippen molar-refractivity contribution in [3.63, 3.8) is 0 Å². The fourth-order valence-electron chi connectivity index (χ4n) is 3.34. The van der Waals surface area contributed by atoms with Crippen LogP contribution in [0.3, 0.4) is 0 Å². The molecule has 0 amide bonds. The average molecular weight is 385 g/mol. The highest BCUT2D eigenvalue weighted by atomic mass is 16.5. The lowest BCUT2D eigenvalue weighted by Crippen LogP contribution is -2.37. The van der Waals surface area contributed by atoms with Gasteiger partial charge >= 0.3 is 0 Å². The highest BCUT2D eigenvalue weighted by Crippen LogP contribution is 2.31. The summed E-state index contributed by atoms with van der Waals surface area (Å²) in [4.78, 5) is 2.47. The van der Waals surface area contributed by atoms with Crippen LogP contribution in [0.5, 0.6) is 11.5 Å². The summed E-state index contributed by atoms with van der Waals surface area (Å²) in [5.74, 6) is 1.60. The van der Waals surface area contributed by atoms with Gasteiger partial charge in [-0.1, -0.05) is 42.0 Å². The molecule has 0 unspecified atom stereocenters. The number of aryl methyl sites for hydroxylation is 1. The molecule has 1 aliphatic heterocycles. The van der Waals surface area contributed by atoms with Crippen LogP contribution in [0.4, 0.5) is 0 Å². The zero-order chi connectivity index (χ0) is 19.6.